The molecule has 0 aliphatic rings. The first-order valence-electron chi connectivity index (χ1n) is 6.32. The number of halogens is 1. The van der Waals surface area contributed by atoms with Crippen LogP contribution in [0.25, 0.3) is 0 Å². The van der Waals surface area contributed by atoms with Gasteiger partial charge in [-0.2, -0.15) is 0 Å². The minimum atomic E-state index is -0.354. The predicted octanol–water partition coefficient (Wildman–Crippen LogP) is 4.59. The number of anilines is 1. The van der Waals surface area contributed by atoms with Crippen molar-refractivity contribution in [2.45, 2.75) is 26.0 Å². The number of hydrogen-bond donors (Lipinski definition) is 1. The van der Waals surface area contributed by atoms with E-state index >= 15 is 0 Å². The first kappa shape index (κ1) is 14.6. The van der Waals surface area contributed by atoms with Crippen LogP contribution in [0.3, 0.4) is 0 Å². The summed E-state index contributed by atoms with van der Waals surface area (Å²) in [5.74, 6) is 0. The Balaban J connectivity index is 2.05. The number of benzene rings is 1. The normalized spacial score (nSPS) is 12.4. The second-order valence-corrected chi connectivity index (χ2v) is 6.51. The van der Waals surface area contributed by atoms with Crippen LogP contribution in [0, 0.1) is 0 Å². The zero-order valence-electron chi connectivity index (χ0n) is 11.1. The maximum atomic E-state index is 9.78. The molecule has 1 heterocycles. The van der Waals surface area contributed by atoms with Gasteiger partial charge in [-0.1, -0.05) is 19.1 Å². The van der Waals surface area contributed by atoms with Crippen molar-refractivity contribution in [3.63, 3.8) is 0 Å². The highest BCUT2D eigenvalue weighted by Crippen LogP contribution is 2.24. The van der Waals surface area contributed by atoms with Crippen LogP contribution in [-0.4, -0.2) is 12.2 Å². The number of hydrogen-bond acceptors (Lipinski definition) is 3. The molecule has 1 aromatic carbocycles. The molecule has 0 aliphatic heterocycles. The van der Waals surface area contributed by atoms with Crippen LogP contribution in [0.15, 0.2) is 40.2 Å². The number of rotatable bonds is 5. The van der Waals surface area contributed by atoms with Crippen molar-refractivity contribution in [3.8, 4) is 0 Å². The molecule has 0 spiro atoms. The molecule has 0 fully saturated rings. The largest absolute Gasteiger partial charge is 0.388 e. The second-order valence-electron chi connectivity index (χ2n) is 4.60. The Labute approximate surface area is 126 Å². The van der Waals surface area contributed by atoms with Gasteiger partial charge in [-0.3, -0.25) is 0 Å². The second kappa shape index (κ2) is 6.55. The van der Waals surface area contributed by atoms with Crippen LogP contribution in [0.5, 0.6) is 0 Å². The fourth-order valence-electron chi connectivity index (χ4n) is 1.95. The molecule has 0 unspecified atom stereocenters. The SMILES string of the molecule is CC[C@H](O)c1ccc(N(C)Cc2cc(Br)cs2)cc1. The van der Waals surface area contributed by atoms with Gasteiger partial charge in [0.1, 0.15) is 0 Å². The smallest absolute Gasteiger partial charge is 0.0787 e. The minimum absolute atomic E-state index is 0.354. The Morgan fingerprint density at radius 2 is 2.00 bits per heavy atom. The predicted molar refractivity (Wildman–Crippen MR) is 85.8 cm³/mol. The molecule has 0 bridgehead atoms. The number of aliphatic hydroxyl groups is 1. The summed E-state index contributed by atoms with van der Waals surface area (Å²) in [6.45, 7) is 2.88. The molecular weight excluding hydrogens is 322 g/mol. The van der Waals surface area contributed by atoms with Crippen LogP contribution in [-0.2, 0) is 6.54 Å². The van der Waals surface area contributed by atoms with E-state index in [1.165, 1.54) is 4.88 Å². The highest BCUT2D eigenvalue weighted by molar-refractivity contribution is 9.10. The summed E-state index contributed by atoms with van der Waals surface area (Å²) >= 11 is 5.23. The zero-order chi connectivity index (χ0) is 13.8. The molecule has 0 amide bonds. The number of thiophene rings is 1. The molecule has 4 heteroatoms. The lowest BCUT2D eigenvalue weighted by atomic mass is 10.1. The maximum absolute atomic E-state index is 9.78. The average molecular weight is 340 g/mol. The van der Waals surface area contributed by atoms with Gasteiger partial charge in [0.25, 0.3) is 0 Å². The Kier molecular flexibility index (Phi) is 5.02. The van der Waals surface area contributed by atoms with E-state index < -0.39 is 0 Å². The van der Waals surface area contributed by atoms with Gasteiger partial charge in [-0.05, 0) is 46.1 Å². The molecule has 1 aromatic heterocycles. The molecule has 2 aromatic rings. The van der Waals surface area contributed by atoms with Gasteiger partial charge in [0.05, 0.1) is 12.6 Å². The summed E-state index contributed by atoms with van der Waals surface area (Å²) < 4.78 is 1.14. The van der Waals surface area contributed by atoms with Crippen molar-refractivity contribution in [1.82, 2.24) is 0 Å². The van der Waals surface area contributed by atoms with Crippen molar-refractivity contribution in [2.24, 2.45) is 0 Å². The van der Waals surface area contributed by atoms with Crippen molar-refractivity contribution >= 4 is 33.0 Å². The molecule has 1 N–H and O–H groups in total. The van der Waals surface area contributed by atoms with Crippen LogP contribution < -0.4 is 4.90 Å². The van der Waals surface area contributed by atoms with E-state index in [1.807, 2.05) is 19.1 Å². The van der Waals surface area contributed by atoms with Crippen molar-refractivity contribution in [3.05, 3.63) is 50.6 Å². The lowest BCUT2D eigenvalue weighted by molar-refractivity contribution is 0.173. The molecule has 102 valence electrons. The van der Waals surface area contributed by atoms with Crippen LogP contribution in [0.4, 0.5) is 5.69 Å². The molecule has 1 atom stereocenters. The molecule has 0 aliphatic carbocycles. The lowest BCUT2D eigenvalue weighted by Crippen LogP contribution is -2.15. The summed E-state index contributed by atoms with van der Waals surface area (Å²) in [5.41, 5.74) is 2.15. The van der Waals surface area contributed by atoms with Gasteiger partial charge < -0.3 is 10.0 Å². The Morgan fingerprint density at radius 1 is 1.32 bits per heavy atom. The first-order chi connectivity index (χ1) is 9.10. The summed E-state index contributed by atoms with van der Waals surface area (Å²) in [5, 5.41) is 11.9. The number of aliphatic hydroxyl groups excluding tert-OH is 1. The van der Waals surface area contributed by atoms with Gasteiger partial charge in [-0.25, -0.2) is 0 Å². The molecule has 0 saturated heterocycles. The maximum Gasteiger partial charge on any atom is 0.0787 e. The van der Waals surface area contributed by atoms with Crippen LogP contribution in [0.2, 0.25) is 0 Å². The minimum Gasteiger partial charge on any atom is -0.388 e. The molecule has 2 rings (SSSR count). The third-order valence-electron chi connectivity index (χ3n) is 3.12. The highest BCUT2D eigenvalue weighted by Gasteiger charge is 2.07. The monoisotopic (exact) mass is 339 g/mol. The fraction of sp³-hybridized carbons (Fsp3) is 0.333. The van der Waals surface area contributed by atoms with Crippen molar-refractivity contribution < 1.29 is 5.11 Å². The zero-order valence-corrected chi connectivity index (χ0v) is 13.5. The highest BCUT2D eigenvalue weighted by atomic mass is 79.9. The number of nitrogens with zero attached hydrogens (tertiary/aromatic N) is 1. The summed E-state index contributed by atoms with van der Waals surface area (Å²) in [7, 11) is 2.08. The van der Waals surface area contributed by atoms with E-state index in [9.17, 15) is 5.11 Å². The fourth-order valence-corrected chi connectivity index (χ4v) is 3.45. The average Bonchev–Trinajstić information content (AvgIpc) is 2.83. The molecular formula is C15H18BrNOS. The Morgan fingerprint density at radius 3 is 2.53 bits per heavy atom. The molecule has 2 nitrogen and oxygen atoms in total. The first-order valence-corrected chi connectivity index (χ1v) is 7.99. The lowest BCUT2D eigenvalue weighted by Gasteiger charge is -2.19. The van der Waals surface area contributed by atoms with Gasteiger partial charge >= 0.3 is 0 Å². The summed E-state index contributed by atoms with van der Waals surface area (Å²) in [4.78, 5) is 3.53. The quantitative estimate of drug-likeness (QED) is 0.860. The van der Waals surface area contributed by atoms with Gasteiger partial charge in [0, 0.05) is 27.5 Å². The topological polar surface area (TPSA) is 23.5 Å². The van der Waals surface area contributed by atoms with Crippen LogP contribution >= 0.6 is 27.3 Å². The van der Waals surface area contributed by atoms with E-state index in [2.05, 4.69) is 51.5 Å². The summed E-state index contributed by atoms with van der Waals surface area (Å²) in [6, 6.07) is 10.3. The molecule has 0 radical (unpaired) electrons. The Bertz CT molecular complexity index is 523. The van der Waals surface area contributed by atoms with Crippen molar-refractivity contribution in [2.75, 3.05) is 11.9 Å². The van der Waals surface area contributed by atoms with Crippen molar-refractivity contribution in [1.29, 1.82) is 0 Å². The Hall–Kier alpha value is -0.840. The standard InChI is InChI=1S/C15H18BrNOS/c1-3-15(18)11-4-6-13(7-5-11)17(2)9-14-8-12(16)10-19-14/h4-8,10,15,18H,3,9H2,1-2H3/t15-/m0/s1. The third-order valence-corrected chi connectivity index (χ3v) is 4.80. The van der Waals surface area contributed by atoms with Gasteiger partial charge in [0.2, 0.25) is 0 Å². The van der Waals surface area contributed by atoms with E-state index in [0.717, 1.165) is 28.7 Å². The van der Waals surface area contributed by atoms with E-state index in [-0.39, 0.29) is 6.10 Å². The van der Waals surface area contributed by atoms with E-state index in [4.69, 9.17) is 0 Å². The third kappa shape index (κ3) is 3.81. The van der Waals surface area contributed by atoms with Gasteiger partial charge in [-0.15, -0.1) is 11.3 Å². The van der Waals surface area contributed by atoms with E-state index in [0.29, 0.717) is 0 Å². The molecule has 19 heavy (non-hydrogen) atoms. The van der Waals surface area contributed by atoms with Gasteiger partial charge in [0.15, 0.2) is 0 Å². The van der Waals surface area contributed by atoms with Crippen LogP contribution in [0.1, 0.15) is 29.9 Å². The molecule has 0 saturated carbocycles. The van der Waals surface area contributed by atoms with E-state index in [1.54, 1.807) is 11.3 Å². The summed E-state index contributed by atoms with van der Waals surface area (Å²) in [6.07, 6.45) is 0.394.